The maximum Gasteiger partial charge on any atom is 0.292 e. The molecular formula is C36H37N5O2. The van der Waals surface area contributed by atoms with Crippen molar-refractivity contribution < 1.29 is 9.84 Å². The van der Waals surface area contributed by atoms with Crippen LogP contribution in [0.3, 0.4) is 0 Å². The number of imidazole rings is 1. The van der Waals surface area contributed by atoms with Crippen molar-refractivity contribution >= 4 is 11.8 Å². The maximum atomic E-state index is 10.4. The van der Waals surface area contributed by atoms with Crippen LogP contribution in [0.2, 0.25) is 0 Å². The SMILES string of the molecule is CCCOC1=Nc2c(ncn2C(c2ccccc2)(c2ccccc2)c2ccccc2)[C@@H](NC(CO)Cc2ccccc2)N1. The molecule has 0 fully saturated rings. The number of ether oxygens (including phenoxy) is 1. The van der Waals surface area contributed by atoms with Crippen molar-refractivity contribution in [1.82, 2.24) is 20.2 Å². The molecule has 7 nitrogen and oxygen atoms in total. The minimum absolute atomic E-state index is 0.0343. The van der Waals surface area contributed by atoms with Crippen LogP contribution in [-0.2, 0) is 16.7 Å². The van der Waals surface area contributed by atoms with E-state index in [1.165, 1.54) is 0 Å². The van der Waals surface area contributed by atoms with Crippen LogP contribution in [0.1, 0.15) is 47.5 Å². The van der Waals surface area contributed by atoms with Gasteiger partial charge in [-0.1, -0.05) is 128 Å². The molecule has 1 aliphatic heterocycles. The van der Waals surface area contributed by atoms with Gasteiger partial charge in [-0.05, 0) is 35.1 Å². The van der Waals surface area contributed by atoms with Crippen LogP contribution in [0.25, 0.3) is 0 Å². The van der Waals surface area contributed by atoms with Crippen LogP contribution in [0.4, 0.5) is 5.82 Å². The quantitative estimate of drug-likeness (QED) is 0.171. The van der Waals surface area contributed by atoms with Crippen molar-refractivity contribution in [2.75, 3.05) is 13.2 Å². The summed E-state index contributed by atoms with van der Waals surface area (Å²) in [5.74, 6) is 0.690. The van der Waals surface area contributed by atoms with E-state index in [2.05, 4.69) is 107 Å². The monoisotopic (exact) mass is 571 g/mol. The van der Waals surface area contributed by atoms with Crippen molar-refractivity contribution in [2.45, 2.75) is 37.5 Å². The van der Waals surface area contributed by atoms with E-state index in [0.29, 0.717) is 24.9 Å². The van der Waals surface area contributed by atoms with Crippen LogP contribution in [-0.4, -0.2) is 39.9 Å². The number of benzene rings is 4. The highest BCUT2D eigenvalue weighted by Gasteiger charge is 2.42. The topological polar surface area (TPSA) is 83.7 Å². The number of aliphatic hydroxyl groups excluding tert-OH is 1. The van der Waals surface area contributed by atoms with Gasteiger partial charge in [-0.15, -0.1) is 0 Å². The van der Waals surface area contributed by atoms with Crippen molar-refractivity contribution in [3.63, 3.8) is 0 Å². The number of hydrogen-bond donors (Lipinski definition) is 3. The van der Waals surface area contributed by atoms with Crippen molar-refractivity contribution in [2.24, 2.45) is 4.99 Å². The zero-order valence-corrected chi connectivity index (χ0v) is 24.3. The highest BCUT2D eigenvalue weighted by atomic mass is 16.5. The van der Waals surface area contributed by atoms with Gasteiger partial charge in [0.15, 0.2) is 5.82 Å². The highest BCUT2D eigenvalue weighted by molar-refractivity contribution is 5.80. The average Bonchev–Trinajstić information content (AvgIpc) is 3.50. The van der Waals surface area contributed by atoms with Gasteiger partial charge < -0.3 is 15.2 Å². The second-order valence-corrected chi connectivity index (χ2v) is 10.7. The molecule has 2 heterocycles. The van der Waals surface area contributed by atoms with E-state index in [4.69, 9.17) is 14.7 Å². The number of rotatable bonds is 11. The van der Waals surface area contributed by atoms with Gasteiger partial charge in [0.2, 0.25) is 0 Å². The first-order valence-electron chi connectivity index (χ1n) is 14.9. The summed E-state index contributed by atoms with van der Waals surface area (Å²) in [5, 5.41) is 17.4. The molecule has 6 rings (SSSR count). The molecule has 0 spiro atoms. The van der Waals surface area contributed by atoms with Gasteiger partial charge in [0.1, 0.15) is 17.4 Å². The third kappa shape index (κ3) is 5.69. The molecule has 0 radical (unpaired) electrons. The van der Waals surface area contributed by atoms with E-state index in [9.17, 15) is 5.11 Å². The Morgan fingerprint density at radius 3 is 1.88 bits per heavy atom. The smallest absolute Gasteiger partial charge is 0.292 e. The number of aliphatic imine (C=N–C) groups is 1. The fourth-order valence-electron chi connectivity index (χ4n) is 5.90. The first-order valence-corrected chi connectivity index (χ1v) is 14.9. The van der Waals surface area contributed by atoms with Crippen LogP contribution >= 0.6 is 0 Å². The largest absolute Gasteiger partial charge is 0.465 e. The lowest BCUT2D eigenvalue weighted by Crippen LogP contribution is -2.48. The first kappa shape index (κ1) is 28.4. The molecule has 0 bridgehead atoms. The molecule has 2 atom stereocenters. The van der Waals surface area contributed by atoms with E-state index in [-0.39, 0.29) is 12.6 Å². The molecule has 1 aromatic heterocycles. The molecule has 4 aromatic carbocycles. The summed E-state index contributed by atoms with van der Waals surface area (Å²) >= 11 is 0. The predicted molar refractivity (Wildman–Crippen MR) is 170 cm³/mol. The normalized spacial score (nSPS) is 15.2. The van der Waals surface area contributed by atoms with Gasteiger partial charge in [-0.2, -0.15) is 4.99 Å². The molecule has 218 valence electrons. The summed E-state index contributed by atoms with van der Waals surface area (Å²) in [5.41, 5.74) is 4.36. The fraction of sp³-hybridized carbons (Fsp3) is 0.222. The second kappa shape index (κ2) is 13.1. The van der Waals surface area contributed by atoms with Gasteiger partial charge in [-0.3, -0.25) is 9.88 Å². The number of nitrogens with zero attached hydrogens (tertiary/aromatic N) is 3. The third-order valence-corrected chi connectivity index (χ3v) is 7.84. The Morgan fingerprint density at radius 1 is 0.837 bits per heavy atom. The van der Waals surface area contributed by atoms with Crippen molar-refractivity contribution in [3.8, 4) is 0 Å². The number of aliphatic hydroxyl groups is 1. The molecule has 1 unspecified atom stereocenters. The Hall–Kier alpha value is -4.72. The Labute approximate surface area is 252 Å². The lowest BCUT2D eigenvalue weighted by Gasteiger charge is -2.38. The molecule has 1 aliphatic rings. The molecule has 0 amide bonds. The molecule has 3 N–H and O–H groups in total. The Morgan fingerprint density at radius 2 is 1.37 bits per heavy atom. The lowest BCUT2D eigenvalue weighted by atomic mass is 9.76. The Balaban J connectivity index is 1.52. The molecular weight excluding hydrogens is 534 g/mol. The number of nitrogens with one attached hydrogen (secondary N) is 2. The fourth-order valence-corrected chi connectivity index (χ4v) is 5.90. The number of amidine groups is 1. The molecule has 43 heavy (non-hydrogen) atoms. The minimum atomic E-state index is -0.772. The summed E-state index contributed by atoms with van der Waals surface area (Å²) in [6.45, 7) is 2.56. The lowest BCUT2D eigenvalue weighted by molar-refractivity contribution is 0.218. The van der Waals surface area contributed by atoms with E-state index in [0.717, 1.165) is 34.4 Å². The van der Waals surface area contributed by atoms with Crippen LogP contribution < -0.4 is 10.6 Å². The number of aromatic nitrogens is 2. The highest BCUT2D eigenvalue weighted by Crippen LogP contribution is 2.45. The predicted octanol–water partition coefficient (Wildman–Crippen LogP) is 5.93. The van der Waals surface area contributed by atoms with Gasteiger partial charge >= 0.3 is 0 Å². The summed E-state index contributed by atoms with van der Waals surface area (Å²) in [6.07, 6.45) is 2.96. The zero-order chi connectivity index (χ0) is 29.5. The van der Waals surface area contributed by atoms with Gasteiger partial charge in [0.25, 0.3) is 6.02 Å². The standard InChI is InChI=1S/C36H37N5O2/c1-2-23-43-35-39-33(38-31(25-42)24-27-15-7-3-8-16-27)32-34(40-35)41(26-37-32)36(28-17-9-4-10-18-28,29-19-11-5-12-20-29)30-21-13-6-14-22-30/h3-22,26,31,33,38,42H,2,23-25H2,1H3,(H,39,40)/t31?,33-/m0/s1. The summed E-state index contributed by atoms with van der Waals surface area (Å²) in [7, 11) is 0. The average molecular weight is 572 g/mol. The summed E-state index contributed by atoms with van der Waals surface area (Å²) in [4.78, 5) is 10.0. The Bertz CT molecular complexity index is 1530. The van der Waals surface area contributed by atoms with Crippen molar-refractivity contribution in [3.05, 3.63) is 156 Å². The third-order valence-electron chi connectivity index (χ3n) is 7.84. The molecule has 0 aliphatic carbocycles. The molecule has 7 heteroatoms. The second-order valence-electron chi connectivity index (χ2n) is 10.7. The van der Waals surface area contributed by atoms with Crippen LogP contribution in [0, 0.1) is 0 Å². The van der Waals surface area contributed by atoms with Crippen LogP contribution in [0.15, 0.2) is 133 Å². The summed E-state index contributed by atoms with van der Waals surface area (Å²) in [6, 6.07) is 41.8. The van der Waals surface area contributed by atoms with Gasteiger partial charge in [-0.25, -0.2) is 4.98 Å². The van der Waals surface area contributed by atoms with E-state index < -0.39 is 11.7 Å². The molecule has 0 saturated heterocycles. The number of hydrogen-bond acceptors (Lipinski definition) is 6. The van der Waals surface area contributed by atoms with E-state index >= 15 is 0 Å². The van der Waals surface area contributed by atoms with E-state index in [1.807, 2.05) is 42.7 Å². The van der Waals surface area contributed by atoms with Gasteiger partial charge in [0, 0.05) is 6.04 Å². The molecule has 5 aromatic rings. The number of fused-ring (bicyclic) bond motifs is 1. The molecule has 0 saturated carbocycles. The summed E-state index contributed by atoms with van der Waals surface area (Å²) < 4.78 is 8.27. The van der Waals surface area contributed by atoms with E-state index in [1.54, 1.807) is 0 Å². The van der Waals surface area contributed by atoms with Gasteiger partial charge in [0.05, 0.1) is 19.5 Å². The Kier molecular flexibility index (Phi) is 8.63. The minimum Gasteiger partial charge on any atom is -0.465 e. The van der Waals surface area contributed by atoms with Crippen molar-refractivity contribution in [1.29, 1.82) is 0 Å². The zero-order valence-electron chi connectivity index (χ0n) is 24.3. The first-order chi connectivity index (χ1) is 21.2. The maximum absolute atomic E-state index is 10.4. The van der Waals surface area contributed by atoms with Crippen LogP contribution in [0.5, 0.6) is 0 Å².